The van der Waals surface area contributed by atoms with Crippen molar-refractivity contribution in [3.63, 3.8) is 0 Å². The molecule has 1 heterocycles. The van der Waals surface area contributed by atoms with Crippen LogP contribution in [0, 0.1) is 6.92 Å². The van der Waals surface area contributed by atoms with E-state index in [2.05, 4.69) is 4.98 Å². The van der Waals surface area contributed by atoms with Gasteiger partial charge in [-0.2, -0.15) is 0 Å². The maximum Gasteiger partial charge on any atom is 0.330 e. The lowest BCUT2D eigenvalue weighted by atomic mass is 10.1. The third-order valence-corrected chi connectivity index (χ3v) is 2.62. The molecule has 1 aromatic heterocycles. The van der Waals surface area contributed by atoms with Gasteiger partial charge in [0.2, 0.25) is 0 Å². The number of hydrogen-bond acceptors (Lipinski definition) is 2. The number of nitrogens with one attached hydrogen (secondary N) is 1. The van der Waals surface area contributed by atoms with E-state index in [4.69, 9.17) is 4.74 Å². The molecule has 88 valence electrons. The monoisotopic (exact) mass is 229 g/mol. The van der Waals surface area contributed by atoms with Gasteiger partial charge in [0.1, 0.15) is 0 Å². The molecule has 0 saturated heterocycles. The minimum absolute atomic E-state index is 0.308. The summed E-state index contributed by atoms with van der Waals surface area (Å²) in [5.41, 5.74) is 3.16. The fourth-order valence-electron chi connectivity index (χ4n) is 1.85. The molecule has 3 nitrogen and oxygen atoms in total. The molecule has 1 N–H and O–H groups in total. The molecule has 2 rings (SSSR count). The number of carbonyl (C=O) groups excluding carboxylic acids is 1. The number of aromatic nitrogens is 1. The van der Waals surface area contributed by atoms with E-state index in [9.17, 15) is 4.79 Å². The number of aromatic amines is 1. The van der Waals surface area contributed by atoms with Gasteiger partial charge >= 0.3 is 5.97 Å². The zero-order valence-corrected chi connectivity index (χ0v) is 9.99. The molecule has 0 aliphatic heterocycles. The Balaban J connectivity index is 2.35. The van der Waals surface area contributed by atoms with Crippen LogP contribution in [0.15, 0.2) is 30.3 Å². The van der Waals surface area contributed by atoms with Gasteiger partial charge in [-0.1, -0.05) is 18.2 Å². The summed E-state index contributed by atoms with van der Waals surface area (Å²) in [6.45, 7) is 4.18. The molecule has 0 fully saturated rings. The van der Waals surface area contributed by atoms with Crippen molar-refractivity contribution in [2.75, 3.05) is 6.61 Å². The van der Waals surface area contributed by atoms with Crippen molar-refractivity contribution in [2.45, 2.75) is 13.8 Å². The molecule has 0 unspecified atom stereocenters. The van der Waals surface area contributed by atoms with Crippen LogP contribution in [0.2, 0.25) is 0 Å². The summed E-state index contributed by atoms with van der Waals surface area (Å²) in [5.74, 6) is -0.308. The number of rotatable bonds is 3. The minimum Gasteiger partial charge on any atom is -0.463 e. The first kappa shape index (κ1) is 11.5. The number of H-pyrrole nitrogens is 1. The highest BCUT2D eigenvalue weighted by molar-refractivity contribution is 5.95. The van der Waals surface area contributed by atoms with E-state index in [0.717, 1.165) is 22.2 Å². The quantitative estimate of drug-likeness (QED) is 0.649. The van der Waals surface area contributed by atoms with Crippen LogP contribution in [0.25, 0.3) is 17.0 Å². The van der Waals surface area contributed by atoms with Crippen molar-refractivity contribution in [3.8, 4) is 0 Å². The summed E-state index contributed by atoms with van der Waals surface area (Å²) in [5, 5.41) is 1.12. The van der Waals surface area contributed by atoms with E-state index < -0.39 is 0 Å². The Kier molecular flexibility index (Phi) is 3.28. The number of aryl methyl sites for hydroxylation is 1. The summed E-state index contributed by atoms with van der Waals surface area (Å²) < 4.78 is 4.86. The number of esters is 1. The molecule has 17 heavy (non-hydrogen) atoms. The second-order valence-corrected chi connectivity index (χ2v) is 3.79. The smallest absolute Gasteiger partial charge is 0.330 e. The Hall–Kier alpha value is -2.03. The lowest BCUT2D eigenvalue weighted by molar-refractivity contribution is -0.137. The molecule has 0 spiro atoms. The van der Waals surface area contributed by atoms with Gasteiger partial charge in [-0.05, 0) is 26.0 Å². The highest BCUT2D eigenvalue weighted by Crippen LogP contribution is 2.22. The van der Waals surface area contributed by atoms with Crippen molar-refractivity contribution < 1.29 is 9.53 Å². The van der Waals surface area contributed by atoms with E-state index in [-0.39, 0.29) is 5.97 Å². The van der Waals surface area contributed by atoms with Crippen molar-refractivity contribution >= 4 is 22.9 Å². The first-order chi connectivity index (χ1) is 8.22. The van der Waals surface area contributed by atoms with Gasteiger partial charge in [0.15, 0.2) is 0 Å². The number of benzene rings is 1. The predicted molar refractivity (Wildman–Crippen MR) is 68.7 cm³/mol. The molecule has 0 amide bonds. The molecule has 2 aromatic rings. The molecule has 0 aliphatic carbocycles. The van der Waals surface area contributed by atoms with Crippen LogP contribution in [-0.4, -0.2) is 17.6 Å². The molecule has 0 saturated carbocycles. The number of carbonyl (C=O) groups is 1. The fraction of sp³-hybridized carbons (Fsp3) is 0.214. The highest BCUT2D eigenvalue weighted by atomic mass is 16.5. The highest BCUT2D eigenvalue weighted by Gasteiger charge is 2.05. The maximum atomic E-state index is 11.3. The second kappa shape index (κ2) is 4.87. The van der Waals surface area contributed by atoms with Crippen LogP contribution in [0.3, 0.4) is 0 Å². The molecule has 0 aliphatic rings. The Labute approximate surface area is 100 Å². The lowest BCUT2D eigenvalue weighted by Crippen LogP contribution is -1.98. The largest absolute Gasteiger partial charge is 0.463 e. The Morgan fingerprint density at radius 2 is 2.18 bits per heavy atom. The third-order valence-electron chi connectivity index (χ3n) is 2.62. The molecule has 1 aromatic carbocycles. The lowest BCUT2D eigenvalue weighted by Gasteiger charge is -1.95. The van der Waals surface area contributed by atoms with Crippen molar-refractivity contribution in [1.29, 1.82) is 0 Å². The van der Waals surface area contributed by atoms with Crippen LogP contribution in [0.1, 0.15) is 18.2 Å². The average Bonchev–Trinajstić information content (AvgIpc) is 2.62. The Morgan fingerprint density at radius 1 is 1.41 bits per heavy atom. The van der Waals surface area contributed by atoms with Crippen LogP contribution in [0.5, 0.6) is 0 Å². The molecule has 0 bridgehead atoms. The van der Waals surface area contributed by atoms with Crippen LogP contribution < -0.4 is 0 Å². The summed E-state index contributed by atoms with van der Waals surface area (Å²) in [7, 11) is 0. The molecule has 3 heteroatoms. The fourth-order valence-corrected chi connectivity index (χ4v) is 1.85. The molecule has 0 radical (unpaired) electrons. The number of para-hydroxylation sites is 1. The van der Waals surface area contributed by atoms with E-state index in [1.54, 1.807) is 13.0 Å². The van der Waals surface area contributed by atoms with E-state index in [1.807, 2.05) is 31.2 Å². The first-order valence-electron chi connectivity index (χ1n) is 5.64. The Bertz CT molecular complexity index is 567. The third kappa shape index (κ3) is 2.38. The molecular weight excluding hydrogens is 214 g/mol. The van der Waals surface area contributed by atoms with Gasteiger partial charge in [0.05, 0.1) is 6.61 Å². The van der Waals surface area contributed by atoms with Gasteiger partial charge in [0, 0.05) is 28.2 Å². The summed E-state index contributed by atoms with van der Waals surface area (Å²) in [6.07, 6.45) is 3.26. The predicted octanol–water partition coefficient (Wildman–Crippen LogP) is 3.05. The topological polar surface area (TPSA) is 42.1 Å². The second-order valence-electron chi connectivity index (χ2n) is 3.79. The SMILES string of the molecule is CCOC(=O)C=Cc1c(C)[nH]c2ccccc12. The van der Waals surface area contributed by atoms with Gasteiger partial charge in [0.25, 0.3) is 0 Å². The van der Waals surface area contributed by atoms with Crippen LogP contribution in [-0.2, 0) is 9.53 Å². The standard InChI is InChI=1S/C14H15NO2/c1-3-17-14(16)9-8-11-10(2)15-13-7-5-4-6-12(11)13/h4-9,15H,3H2,1-2H3. The van der Waals surface area contributed by atoms with Gasteiger partial charge in [-0.15, -0.1) is 0 Å². The van der Waals surface area contributed by atoms with Crippen LogP contribution in [0.4, 0.5) is 0 Å². The van der Waals surface area contributed by atoms with Crippen LogP contribution >= 0.6 is 0 Å². The van der Waals surface area contributed by atoms with Crippen molar-refractivity contribution in [3.05, 3.63) is 41.6 Å². The summed E-state index contributed by atoms with van der Waals surface area (Å²) >= 11 is 0. The maximum absolute atomic E-state index is 11.3. The van der Waals surface area contributed by atoms with E-state index >= 15 is 0 Å². The summed E-state index contributed by atoms with van der Waals surface area (Å²) in [4.78, 5) is 14.5. The van der Waals surface area contributed by atoms with Crippen molar-refractivity contribution in [2.24, 2.45) is 0 Å². The van der Waals surface area contributed by atoms with Gasteiger partial charge in [-0.3, -0.25) is 0 Å². The average molecular weight is 229 g/mol. The molecule has 0 atom stereocenters. The normalized spacial score (nSPS) is 11.2. The van der Waals surface area contributed by atoms with Gasteiger partial charge < -0.3 is 9.72 Å². The van der Waals surface area contributed by atoms with Crippen molar-refractivity contribution in [1.82, 2.24) is 4.98 Å². The number of hydrogen-bond donors (Lipinski definition) is 1. The number of ether oxygens (including phenoxy) is 1. The van der Waals surface area contributed by atoms with Gasteiger partial charge in [-0.25, -0.2) is 4.79 Å². The van der Waals surface area contributed by atoms with E-state index in [1.165, 1.54) is 6.08 Å². The number of fused-ring (bicyclic) bond motifs is 1. The first-order valence-corrected chi connectivity index (χ1v) is 5.64. The Morgan fingerprint density at radius 3 is 2.94 bits per heavy atom. The zero-order valence-electron chi connectivity index (χ0n) is 9.99. The minimum atomic E-state index is -0.308. The zero-order chi connectivity index (χ0) is 12.3. The molecular formula is C14H15NO2. The van der Waals surface area contributed by atoms with E-state index in [0.29, 0.717) is 6.61 Å². The summed E-state index contributed by atoms with van der Waals surface area (Å²) in [6, 6.07) is 8.02.